The van der Waals surface area contributed by atoms with Gasteiger partial charge in [0.05, 0.1) is 35.3 Å². The molecule has 0 fully saturated rings. The van der Waals surface area contributed by atoms with Crippen LogP contribution in [0.1, 0.15) is 22.8 Å². The Morgan fingerprint density at radius 3 is 2.47 bits per heavy atom. The smallest absolute Gasteiger partial charge is 0.281 e. The lowest BCUT2D eigenvalue weighted by Crippen LogP contribution is -2.23. The monoisotopic (exact) mass is 427 g/mol. The van der Waals surface area contributed by atoms with Crippen LogP contribution in [-0.2, 0) is 0 Å². The molecule has 1 amide bonds. The highest BCUT2D eigenvalue weighted by molar-refractivity contribution is 6.04. The number of amides is 1. The Hall–Kier alpha value is -4.46. The second kappa shape index (κ2) is 9.13. The van der Waals surface area contributed by atoms with Crippen LogP contribution in [-0.4, -0.2) is 33.5 Å². The molecule has 8 nitrogen and oxygen atoms in total. The van der Waals surface area contributed by atoms with E-state index in [2.05, 4.69) is 20.6 Å². The van der Waals surface area contributed by atoms with E-state index < -0.39 is 5.91 Å². The van der Waals surface area contributed by atoms with E-state index >= 15 is 0 Å². The van der Waals surface area contributed by atoms with E-state index in [0.29, 0.717) is 34.0 Å². The van der Waals surface area contributed by atoms with Crippen LogP contribution in [0.5, 0.6) is 5.75 Å². The van der Waals surface area contributed by atoms with Gasteiger partial charge in [-0.05, 0) is 43.3 Å². The predicted molar refractivity (Wildman–Crippen MR) is 122 cm³/mol. The SMILES string of the molecule is COc1ccc(-n2[nH]c(-c3ccccc3)c(C(C)=NNC(=O)c3cccnc3)c2=O)cc1. The van der Waals surface area contributed by atoms with Gasteiger partial charge in [-0.3, -0.25) is 19.7 Å². The summed E-state index contributed by atoms with van der Waals surface area (Å²) in [6.07, 6.45) is 3.03. The average molecular weight is 427 g/mol. The normalized spacial score (nSPS) is 11.2. The van der Waals surface area contributed by atoms with Gasteiger partial charge >= 0.3 is 0 Å². The molecule has 0 spiro atoms. The van der Waals surface area contributed by atoms with Crippen LogP contribution in [0.15, 0.2) is 89.0 Å². The Morgan fingerprint density at radius 1 is 1.06 bits per heavy atom. The lowest BCUT2D eigenvalue weighted by Gasteiger charge is -2.04. The molecule has 160 valence electrons. The van der Waals surface area contributed by atoms with Crippen LogP contribution < -0.4 is 15.7 Å². The summed E-state index contributed by atoms with van der Waals surface area (Å²) in [7, 11) is 1.58. The highest BCUT2D eigenvalue weighted by atomic mass is 16.5. The minimum Gasteiger partial charge on any atom is -0.497 e. The third kappa shape index (κ3) is 4.20. The molecule has 2 aromatic heterocycles. The van der Waals surface area contributed by atoms with Crippen molar-refractivity contribution in [1.29, 1.82) is 0 Å². The van der Waals surface area contributed by atoms with Gasteiger partial charge in [0.2, 0.25) is 0 Å². The number of nitrogens with one attached hydrogen (secondary N) is 2. The summed E-state index contributed by atoms with van der Waals surface area (Å²) in [5.74, 6) is 0.275. The molecule has 4 aromatic rings. The van der Waals surface area contributed by atoms with Crippen molar-refractivity contribution in [2.45, 2.75) is 6.92 Å². The van der Waals surface area contributed by atoms with Gasteiger partial charge in [-0.2, -0.15) is 5.10 Å². The maximum absolute atomic E-state index is 13.4. The maximum atomic E-state index is 13.4. The lowest BCUT2D eigenvalue weighted by atomic mass is 10.1. The number of aromatic nitrogens is 3. The topological polar surface area (TPSA) is 101 Å². The molecule has 4 rings (SSSR count). The summed E-state index contributed by atoms with van der Waals surface area (Å²) in [5, 5.41) is 7.37. The van der Waals surface area contributed by atoms with Crippen molar-refractivity contribution in [2.24, 2.45) is 5.10 Å². The van der Waals surface area contributed by atoms with Gasteiger partial charge in [0.15, 0.2) is 0 Å². The molecular weight excluding hydrogens is 406 g/mol. The first-order valence-corrected chi connectivity index (χ1v) is 9.88. The zero-order valence-electron chi connectivity index (χ0n) is 17.6. The van der Waals surface area contributed by atoms with Crippen LogP contribution in [0.3, 0.4) is 0 Å². The minimum atomic E-state index is -0.412. The van der Waals surface area contributed by atoms with Gasteiger partial charge in [-0.25, -0.2) is 10.1 Å². The summed E-state index contributed by atoms with van der Waals surface area (Å²) >= 11 is 0. The van der Waals surface area contributed by atoms with E-state index in [9.17, 15) is 9.59 Å². The quantitative estimate of drug-likeness (QED) is 0.364. The Balaban J connectivity index is 1.76. The van der Waals surface area contributed by atoms with Gasteiger partial charge < -0.3 is 4.74 Å². The molecular formula is C24H21N5O3. The molecule has 2 heterocycles. The molecule has 0 atom stereocenters. The molecule has 2 N–H and O–H groups in total. The summed E-state index contributed by atoms with van der Waals surface area (Å²) in [6, 6.07) is 19.9. The fraction of sp³-hybridized carbons (Fsp3) is 0.0833. The second-order valence-corrected chi connectivity index (χ2v) is 6.95. The van der Waals surface area contributed by atoms with Gasteiger partial charge in [0, 0.05) is 18.0 Å². The van der Waals surface area contributed by atoms with Crippen LogP contribution in [0.25, 0.3) is 16.9 Å². The number of ether oxygens (including phenoxy) is 1. The summed E-state index contributed by atoms with van der Waals surface area (Å²) in [4.78, 5) is 29.6. The lowest BCUT2D eigenvalue weighted by molar-refractivity contribution is 0.0954. The van der Waals surface area contributed by atoms with E-state index in [1.165, 1.54) is 10.9 Å². The van der Waals surface area contributed by atoms with Crippen molar-refractivity contribution in [2.75, 3.05) is 7.11 Å². The third-order valence-corrected chi connectivity index (χ3v) is 4.89. The zero-order valence-corrected chi connectivity index (χ0v) is 17.6. The minimum absolute atomic E-state index is 0.286. The number of H-pyrrole nitrogens is 1. The number of benzene rings is 2. The summed E-state index contributed by atoms with van der Waals surface area (Å²) < 4.78 is 6.64. The first kappa shape index (κ1) is 20.8. The molecule has 0 bridgehead atoms. The number of hydrogen-bond acceptors (Lipinski definition) is 5. The number of hydrazone groups is 1. The average Bonchev–Trinajstić information content (AvgIpc) is 3.20. The maximum Gasteiger partial charge on any atom is 0.281 e. The molecule has 0 saturated carbocycles. The van der Waals surface area contributed by atoms with Crippen LogP contribution >= 0.6 is 0 Å². The number of hydrogen-bond donors (Lipinski definition) is 2. The van der Waals surface area contributed by atoms with Crippen LogP contribution in [0.4, 0.5) is 0 Å². The van der Waals surface area contributed by atoms with E-state index in [0.717, 1.165) is 5.56 Å². The zero-order chi connectivity index (χ0) is 22.5. The number of carbonyl (C=O) groups is 1. The molecule has 32 heavy (non-hydrogen) atoms. The fourth-order valence-electron chi connectivity index (χ4n) is 3.25. The largest absolute Gasteiger partial charge is 0.497 e. The Morgan fingerprint density at radius 2 is 1.81 bits per heavy atom. The van der Waals surface area contributed by atoms with Crippen molar-refractivity contribution in [3.8, 4) is 22.7 Å². The number of rotatable bonds is 6. The Labute approximate surface area is 184 Å². The molecule has 0 aliphatic carbocycles. The molecule has 0 unspecified atom stereocenters. The third-order valence-electron chi connectivity index (χ3n) is 4.89. The van der Waals surface area contributed by atoms with Gasteiger partial charge in [-0.1, -0.05) is 30.3 Å². The first-order chi connectivity index (χ1) is 15.6. The number of pyridine rings is 1. The fourth-order valence-corrected chi connectivity index (χ4v) is 3.25. The second-order valence-electron chi connectivity index (χ2n) is 6.95. The van der Waals surface area contributed by atoms with Gasteiger partial charge in [0.25, 0.3) is 11.5 Å². The summed E-state index contributed by atoms with van der Waals surface area (Å²) in [6.45, 7) is 1.68. The van der Waals surface area contributed by atoms with E-state index in [4.69, 9.17) is 4.74 Å². The van der Waals surface area contributed by atoms with Crippen molar-refractivity contribution in [3.05, 3.63) is 101 Å². The van der Waals surface area contributed by atoms with Gasteiger partial charge in [-0.15, -0.1) is 0 Å². The number of carbonyl (C=O) groups excluding carboxylic acids is 1. The number of aromatic amines is 1. The standard InChI is InChI=1S/C24H21N5O3/c1-16(26-27-23(30)18-9-6-14-25-15-18)21-22(17-7-4-3-5-8-17)28-29(24(21)31)19-10-12-20(32-2)13-11-19/h3-15,28H,1-2H3,(H,27,30). The van der Waals surface area contributed by atoms with Gasteiger partial charge in [0.1, 0.15) is 5.75 Å². The first-order valence-electron chi connectivity index (χ1n) is 9.88. The van der Waals surface area contributed by atoms with Crippen molar-refractivity contribution >= 4 is 11.6 Å². The van der Waals surface area contributed by atoms with Crippen molar-refractivity contribution < 1.29 is 9.53 Å². The highest BCUT2D eigenvalue weighted by Crippen LogP contribution is 2.22. The Kier molecular flexibility index (Phi) is 5.94. The van der Waals surface area contributed by atoms with Crippen LogP contribution in [0.2, 0.25) is 0 Å². The molecule has 2 aromatic carbocycles. The van der Waals surface area contributed by atoms with E-state index in [-0.39, 0.29) is 5.56 Å². The molecule has 0 aliphatic heterocycles. The van der Waals surface area contributed by atoms with E-state index in [1.807, 2.05) is 30.3 Å². The molecule has 8 heteroatoms. The Bertz CT molecular complexity index is 1310. The van der Waals surface area contributed by atoms with Crippen molar-refractivity contribution in [1.82, 2.24) is 20.2 Å². The van der Waals surface area contributed by atoms with Crippen molar-refractivity contribution in [3.63, 3.8) is 0 Å². The molecule has 0 aliphatic rings. The highest BCUT2D eigenvalue weighted by Gasteiger charge is 2.19. The number of methoxy groups -OCH3 is 1. The van der Waals surface area contributed by atoms with E-state index in [1.54, 1.807) is 56.6 Å². The van der Waals surface area contributed by atoms with Crippen LogP contribution in [0, 0.1) is 0 Å². The molecule has 0 saturated heterocycles. The number of nitrogens with zero attached hydrogens (tertiary/aromatic N) is 3. The molecule has 0 radical (unpaired) electrons. The predicted octanol–water partition coefficient (Wildman–Crippen LogP) is 3.39. The summed E-state index contributed by atoms with van der Waals surface area (Å²) in [5.41, 5.74) is 5.38.